The molecule has 3 nitrogen and oxygen atoms in total. The Hall–Kier alpha value is -1.22. The van der Waals surface area contributed by atoms with E-state index in [0.29, 0.717) is 0 Å². The van der Waals surface area contributed by atoms with E-state index in [9.17, 15) is 5.11 Å². The van der Waals surface area contributed by atoms with Gasteiger partial charge in [0.2, 0.25) is 0 Å². The van der Waals surface area contributed by atoms with E-state index in [1.165, 1.54) is 0 Å². The summed E-state index contributed by atoms with van der Waals surface area (Å²) in [7, 11) is 0. The van der Waals surface area contributed by atoms with Crippen LogP contribution in [0.3, 0.4) is 0 Å². The van der Waals surface area contributed by atoms with Crippen molar-refractivity contribution < 1.29 is 5.11 Å². The first-order valence-electron chi connectivity index (χ1n) is 4.87. The zero-order chi connectivity index (χ0) is 10.7. The van der Waals surface area contributed by atoms with Crippen LogP contribution in [0.1, 0.15) is 19.4 Å². The maximum Gasteiger partial charge on any atom is 0.124 e. The lowest BCUT2D eigenvalue weighted by molar-refractivity contribution is 0.190. The van der Waals surface area contributed by atoms with Crippen LogP contribution in [0.15, 0.2) is 18.2 Å². The fourth-order valence-corrected chi connectivity index (χ4v) is 1.50. The van der Waals surface area contributed by atoms with Crippen molar-refractivity contribution in [3.63, 3.8) is 0 Å². The van der Waals surface area contributed by atoms with E-state index in [0.717, 1.165) is 23.5 Å². The Kier molecular flexibility index (Phi) is 3.36. The van der Waals surface area contributed by atoms with Crippen LogP contribution in [-0.2, 0) is 0 Å². The van der Waals surface area contributed by atoms with Gasteiger partial charge in [-0.1, -0.05) is 0 Å². The van der Waals surface area contributed by atoms with E-state index in [1.807, 2.05) is 36.9 Å². The van der Waals surface area contributed by atoms with Crippen LogP contribution in [0.2, 0.25) is 0 Å². The third kappa shape index (κ3) is 2.17. The largest absolute Gasteiger partial charge is 0.399 e. The van der Waals surface area contributed by atoms with Gasteiger partial charge < -0.3 is 15.7 Å². The molecule has 0 unspecified atom stereocenters. The molecule has 3 N–H and O–H groups in total. The second-order valence-corrected chi connectivity index (χ2v) is 3.46. The van der Waals surface area contributed by atoms with Crippen LogP contribution in [0.4, 0.5) is 11.4 Å². The number of benzene rings is 1. The smallest absolute Gasteiger partial charge is 0.124 e. The van der Waals surface area contributed by atoms with Crippen molar-refractivity contribution >= 4 is 11.4 Å². The molecule has 0 saturated heterocycles. The predicted octanol–water partition coefficient (Wildman–Crippen LogP) is 1.74. The summed E-state index contributed by atoms with van der Waals surface area (Å²) in [5, 5.41) is 9.52. The molecule has 0 aliphatic carbocycles. The highest BCUT2D eigenvalue weighted by Gasteiger charge is 2.09. The number of aryl methyl sites for hydroxylation is 1. The van der Waals surface area contributed by atoms with Crippen molar-refractivity contribution in [1.82, 2.24) is 0 Å². The maximum atomic E-state index is 9.52. The number of nitrogen functional groups attached to an aromatic ring is 1. The second-order valence-electron chi connectivity index (χ2n) is 3.46. The van der Waals surface area contributed by atoms with Crippen LogP contribution in [0, 0.1) is 6.92 Å². The van der Waals surface area contributed by atoms with Crippen LogP contribution < -0.4 is 10.6 Å². The molecule has 0 aromatic heterocycles. The standard InChI is InChI=1S/C11H18N2O/c1-4-13(9(3)14)10-5-6-11(12)8(2)7-10/h5-7,9,14H,4,12H2,1-3H3/t9-/m0/s1. The fraction of sp³-hybridized carbons (Fsp3) is 0.455. The summed E-state index contributed by atoms with van der Waals surface area (Å²) in [5.41, 5.74) is 8.56. The highest BCUT2D eigenvalue weighted by Crippen LogP contribution is 2.21. The van der Waals surface area contributed by atoms with E-state index in [4.69, 9.17) is 5.73 Å². The normalized spacial score (nSPS) is 12.6. The summed E-state index contributed by atoms with van der Waals surface area (Å²) in [4.78, 5) is 1.91. The molecular formula is C11H18N2O. The molecule has 1 rings (SSSR count). The van der Waals surface area contributed by atoms with Gasteiger partial charge in [-0.25, -0.2) is 0 Å². The van der Waals surface area contributed by atoms with Gasteiger partial charge in [-0.05, 0) is 44.5 Å². The van der Waals surface area contributed by atoms with Gasteiger partial charge in [0.25, 0.3) is 0 Å². The lowest BCUT2D eigenvalue weighted by Crippen LogP contribution is -2.32. The Balaban J connectivity index is 3.00. The molecule has 0 fully saturated rings. The zero-order valence-corrected chi connectivity index (χ0v) is 8.99. The van der Waals surface area contributed by atoms with Crippen molar-refractivity contribution in [2.45, 2.75) is 27.0 Å². The number of anilines is 2. The lowest BCUT2D eigenvalue weighted by Gasteiger charge is -2.26. The van der Waals surface area contributed by atoms with E-state index >= 15 is 0 Å². The number of nitrogens with zero attached hydrogens (tertiary/aromatic N) is 1. The Morgan fingerprint density at radius 3 is 2.57 bits per heavy atom. The van der Waals surface area contributed by atoms with Crippen LogP contribution in [0.25, 0.3) is 0 Å². The van der Waals surface area contributed by atoms with Crippen molar-refractivity contribution in [1.29, 1.82) is 0 Å². The minimum absolute atomic E-state index is 0.469. The summed E-state index contributed by atoms with van der Waals surface area (Å²) < 4.78 is 0. The molecule has 0 bridgehead atoms. The summed E-state index contributed by atoms with van der Waals surface area (Å²) >= 11 is 0. The van der Waals surface area contributed by atoms with Crippen molar-refractivity contribution in [3.8, 4) is 0 Å². The van der Waals surface area contributed by atoms with E-state index in [2.05, 4.69) is 0 Å². The lowest BCUT2D eigenvalue weighted by atomic mass is 10.1. The average molecular weight is 194 g/mol. The number of rotatable bonds is 3. The zero-order valence-electron chi connectivity index (χ0n) is 8.99. The van der Waals surface area contributed by atoms with Crippen LogP contribution in [0.5, 0.6) is 0 Å². The summed E-state index contributed by atoms with van der Waals surface area (Å²) in [6.45, 7) is 6.52. The molecule has 0 radical (unpaired) electrons. The maximum absolute atomic E-state index is 9.52. The number of nitrogens with two attached hydrogens (primary N) is 1. The highest BCUT2D eigenvalue weighted by molar-refractivity contribution is 5.58. The first-order valence-corrected chi connectivity index (χ1v) is 4.87. The highest BCUT2D eigenvalue weighted by atomic mass is 16.3. The van der Waals surface area contributed by atoms with Gasteiger partial charge in [0, 0.05) is 17.9 Å². The molecule has 1 aromatic rings. The molecule has 3 heteroatoms. The number of hydrogen-bond acceptors (Lipinski definition) is 3. The van der Waals surface area contributed by atoms with Gasteiger partial charge in [0.05, 0.1) is 0 Å². The van der Waals surface area contributed by atoms with E-state index in [-0.39, 0.29) is 0 Å². The van der Waals surface area contributed by atoms with Gasteiger partial charge in [-0.2, -0.15) is 0 Å². The molecule has 0 heterocycles. The van der Waals surface area contributed by atoms with Gasteiger partial charge in [0.15, 0.2) is 0 Å². The third-order valence-corrected chi connectivity index (χ3v) is 2.38. The van der Waals surface area contributed by atoms with Crippen LogP contribution in [-0.4, -0.2) is 17.9 Å². The van der Waals surface area contributed by atoms with Crippen molar-refractivity contribution in [2.24, 2.45) is 0 Å². The third-order valence-electron chi connectivity index (χ3n) is 2.38. The number of aliphatic hydroxyl groups excluding tert-OH is 1. The molecule has 1 aromatic carbocycles. The molecule has 0 amide bonds. The summed E-state index contributed by atoms with van der Waals surface area (Å²) in [6.07, 6.45) is -0.469. The first-order chi connectivity index (χ1) is 6.56. The molecular weight excluding hydrogens is 176 g/mol. The molecule has 0 aliphatic heterocycles. The van der Waals surface area contributed by atoms with Gasteiger partial charge in [-0.3, -0.25) is 0 Å². The van der Waals surface area contributed by atoms with Gasteiger partial charge >= 0.3 is 0 Å². The Morgan fingerprint density at radius 2 is 2.14 bits per heavy atom. The minimum atomic E-state index is -0.469. The molecule has 14 heavy (non-hydrogen) atoms. The monoisotopic (exact) mass is 194 g/mol. The van der Waals surface area contributed by atoms with Gasteiger partial charge in [0.1, 0.15) is 6.23 Å². The topological polar surface area (TPSA) is 49.5 Å². The Labute approximate surface area is 85.2 Å². The molecule has 1 atom stereocenters. The van der Waals surface area contributed by atoms with Crippen molar-refractivity contribution in [2.75, 3.05) is 17.2 Å². The van der Waals surface area contributed by atoms with E-state index < -0.39 is 6.23 Å². The molecule has 0 saturated carbocycles. The Morgan fingerprint density at radius 1 is 1.50 bits per heavy atom. The van der Waals surface area contributed by atoms with Gasteiger partial charge in [-0.15, -0.1) is 0 Å². The van der Waals surface area contributed by atoms with Crippen molar-refractivity contribution in [3.05, 3.63) is 23.8 Å². The SMILES string of the molecule is CCN(c1ccc(N)c(C)c1)[C@H](C)O. The summed E-state index contributed by atoms with van der Waals surface area (Å²) in [6, 6.07) is 5.79. The molecule has 0 spiro atoms. The number of hydrogen-bond donors (Lipinski definition) is 2. The first kappa shape index (κ1) is 10.9. The predicted molar refractivity (Wildman–Crippen MR) is 60.3 cm³/mol. The molecule has 78 valence electrons. The molecule has 0 aliphatic rings. The van der Waals surface area contributed by atoms with E-state index in [1.54, 1.807) is 6.92 Å². The quantitative estimate of drug-likeness (QED) is 0.569. The minimum Gasteiger partial charge on any atom is -0.399 e. The number of aliphatic hydroxyl groups is 1. The second kappa shape index (κ2) is 4.33. The van der Waals surface area contributed by atoms with Crippen LogP contribution >= 0.6 is 0 Å². The average Bonchev–Trinajstić information content (AvgIpc) is 2.11. The summed E-state index contributed by atoms with van der Waals surface area (Å²) in [5.74, 6) is 0. The fourth-order valence-electron chi connectivity index (χ4n) is 1.50. The Bertz CT molecular complexity index is 310.